The van der Waals surface area contributed by atoms with E-state index >= 15 is 0 Å². The largest absolute Gasteiger partial charge is 0.387 e. The van der Waals surface area contributed by atoms with Crippen molar-refractivity contribution in [3.05, 3.63) is 35.4 Å². The first kappa shape index (κ1) is 11.6. The molecule has 2 nitrogen and oxygen atoms in total. The minimum Gasteiger partial charge on any atom is -0.387 e. The number of nitrogens with two attached hydrogens (primary N) is 1. The molecule has 0 atom stereocenters. The Bertz CT molecular complexity index is 373. The first-order valence-electron chi connectivity index (χ1n) is 4.74. The van der Waals surface area contributed by atoms with Crippen LogP contribution in [0.5, 0.6) is 0 Å². The summed E-state index contributed by atoms with van der Waals surface area (Å²) >= 11 is 0. The first-order chi connectivity index (χ1) is 7.00. The lowest BCUT2D eigenvalue weighted by Gasteiger charge is -2.04. The van der Waals surface area contributed by atoms with Gasteiger partial charge >= 0.3 is 0 Å². The Hall–Kier alpha value is -1.45. The van der Waals surface area contributed by atoms with E-state index in [0.717, 1.165) is 12.1 Å². The van der Waals surface area contributed by atoms with Crippen molar-refractivity contribution in [2.75, 3.05) is 0 Å². The highest BCUT2D eigenvalue weighted by Gasteiger charge is 2.03. The van der Waals surface area contributed by atoms with Gasteiger partial charge in [-0.05, 0) is 17.7 Å². The first-order valence-corrected chi connectivity index (χ1v) is 4.74. The Morgan fingerprint density at radius 1 is 1.33 bits per heavy atom. The maximum Gasteiger partial charge on any atom is 0.159 e. The molecule has 0 bridgehead atoms. The molecule has 1 rings (SSSR count). The summed E-state index contributed by atoms with van der Waals surface area (Å²) in [6.45, 7) is 4.12. The molecule has 0 amide bonds. The van der Waals surface area contributed by atoms with Crippen LogP contribution >= 0.6 is 0 Å². The molecular formula is C11H14F2N2. The third kappa shape index (κ3) is 3.31. The van der Waals surface area contributed by atoms with Gasteiger partial charge in [-0.2, -0.15) is 0 Å². The van der Waals surface area contributed by atoms with E-state index in [1.807, 2.05) is 13.8 Å². The normalized spacial score (nSPS) is 12.2. The topological polar surface area (TPSA) is 38.4 Å². The fourth-order valence-corrected chi connectivity index (χ4v) is 1.00. The van der Waals surface area contributed by atoms with Crippen molar-refractivity contribution in [3.8, 4) is 0 Å². The summed E-state index contributed by atoms with van der Waals surface area (Å²) in [6.07, 6.45) is 0. The number of nitrogens with zero attached hydrogens (tertiary/aromatic N) is 1. The fourth-order valence-electron chi connectivity index (χ4n) is 1.00. The smallest absolute Gasteiger partial charge is 0.159 e. The number of hydrogen-bond acceptors (Lipinski definition) is 1. The SMILES string of the molecule is CC(C)C(N)=NCc1ccc(F)c(F)c1. The van der Waals surface area contributed by atoms with Crippen molar-refractivity contribution < 1.29 is 8.78 Å². The highest BCUT2D eigenvalue weighted by Crippen LogP contribution is 2.09. The molecule has 0 fully saturated rings. The molecule has 0 aromatic heterocycles. The fraction of sp³-hybridized carbons (Fsp3) is 0.364. The molecule has 4 heteroatoms. The van der Waals surface area contributed by atoms with Crippen molar-refractivity contribution in [2.24, 2.45) is 16.6 Å². The number of aliphatic imine (C=N–C) groups is 1. The molecule has 0 unspecified atom stereocenters. The number of halogens is 2. The van der Waals surface area contributed by atoms with Crippen LogP contribution in [0.25, 0.3) is 0 Å². The highest BCUT2D eigenvalue weighted by atomic mass is 19.2. The summed E-state index contributed by atoms with van der Waals surface area (Å²) in [6, 6.07) is 3.72. The summed E-state index contributed by atoms with van der Waals surface area (Å²) in [4.78, 5) is 4.07. The van der Waals surface area contributed by atoms with E-state index in [0.29, 0.717) is 11.4 Å². The maximum atomic E-state index is 12.8. The van der Waals surface area contributed by atoms with Crippen LogP contribution in [-0.2, 0) is 6.54 Å². The second kappa shape index (κ2) is 4.87. The molecule has 0 aliphatic heterocycles. The molecule has 15 heavy (non-hydrogen) atoms. The Labute approximate surface area is 87.8 Å². The lowest BCUT2D eigenvalue weighted by molar-refractivity contribution is 0.507. The molecule has 0 aliphatic carbocycles. The summed E-state index contributed by atoms with van der Waals surface area (Å²) < 4.78 is 25.4. The summed E-state index contributed by atoms with van der Waals surface area (Å²) in [7, 11) is 0. The molecule has 1 aromatic rings. The predicted octanol–water partition coefficient (Wildman–Crippen LogP) is 2.48. The number of amidine groups is 1. The van der Waals surface area contributed by atoms with Crippen LogP contribution in [0.3, 0.4) is 0 Å². The summed E-state index contributed by atoms with van der Waals surface area (Å²) in [5.74, 6) is -1.03. The Morgan fingerprint density at radius 2 is 2.00 bits per heavy atom. The molecule has 0 aliphatic rings. The number of hydrogen-bond donors (Lipinski definition) is 1. The molecule has 0 radical (unpaired) electrons. The van der Waals surface area contributed by atoms with Gasteiger partial charge in [0.1, 0.15) is 0 Å². The monoisotopic (exact) mass is 212 g/mol. The average molecular weight is 212 g/mol. The van der Waals surface area contributed by atoms with E-state index in [-0.39, 0.29) is 12.5 Å². The van der Waals surface area contributed by atoms with Crippen LogP contribution in [0.2, 0.25) is 0 Å². The van der Waals surface area contributed by atoms with Crippen molar-refractivity contribution in [1.82, 2.24) is 0 Å². The Balaban J connectivity index is 2.74. The molecule has 0 saturated heterocycles. The van der Waals surface area contributed by atoms with Gasteiger partial charge in [-0.3, -0.25) is 4.99 Å². The van der Waals surface area contributed by atoms with Crippen LogP contribution in [0.15, 0.2) is 23.2 Å². The Morgan fingerprint density at radius 3 is 2.53 bits per heavy atom. The van der Waals surface area contributed by atoms with E-state index in [9.17, 15) is 8.78 Å². The van der Waals surface area contributed by atoms with Crippen LogP contribution < -0.4 is 5.73 Å². The van der Waals surface area contributed by atoms with E-state index in [1.54, 1.807) is 0 Å². The number of benzene rings is 1. The number of rotatable bonds is 3. The van der Waals surface area contributed by atoms with Gasteiger partial charge in [-0.15, -0.1) is 0 Å². The quantitative estimate of drug-likeness (QED) is 0.606. The maximum absolute atomic E-state index is 12.8. The van der Waals surface area contributed by atoms with Gasteiger partial charge in [-0.1, -0.05) is 19.9 Å². The second-order valence-corrected chi connectivity index (χ2v) is 3.64. The van der Waals surface area contributed by atoms with Crippen molar-refractivity contribution >= 4 is 5.84 Å². The molecule has 1 aromatic carbocycles. The van der Waals surface area contributed by atoms with Crippen LogP contribution in [0.4, 0.5) is 8.78 Å². The summed E-state index contributed by atoms with van der Waals surface area (Å²) in [5, 5.41) is 0. The standard InChI is InChI=1S/C11H14F2N2/c1-7(2)11(14)15-6-8-3-4-9(12)10(13)5-8/h3-5,7H,6H2,1-2H3,(H2,14,15). The van der Waals surface area contributed by atoms with E-state index in [2.05, 4.69) is 4.99 Å². The molecule has 2 N–H and O–H groups in total. The minimum atomic E-state index is -0.856. The van der Waals surface area contributed by atoms with Crippen LogP contribution in [0, 0.1) is 17.6 Å². The van der Waals surface area contributed by atoms with E-state index in [4.69, 9.17) is 5.73 Å². The van der Waals surface area contributed by atoms with Gasteiger partial charge in [0.15, 0.2) is 11.6 Å². The van der Waals surface area contributed by atoms with Crippen molar-refractivity contribution in [2.45, 2.75) is 20.4 Å². The van der Waals surface area contributed by atoms with Gasteiger partial charge in [0, 0.05) is 5.92 Å². The van der Waals surface area contributed by atoms with E-state index in [1.165, 1.54) is 6.07 Å². The zero-order valence-corrected chi connectivity index (χ0v) is 8.80. The van der Waals surface area contributed by atoms with Crippen molar-refractivity contribution in [3.63, 3.8) is 0 Å². The molecular weight excluding hydrogens is 198 g/mol. The lowest BCUT2D eigenvalue weighted by Crippen LogP contribution is -2.18. The van der Waals surface area contributed by atoms with Crippen molar-refractivity contribution in [1.29, 1.82) is 0 Å². The second-order valence-electron chi connectivity index (χ2n) is 3.64. The third-order valence-corrected chi connectivity index (χ3v) is 2.02. The van der Waals surface area contributed by atoms with Gasteiger partial charge in [0.05, 0.1) is 12.4 Å². The van der Waals surface area contributed by atoms with Crippen LogP contribution in [0.1, 0.15) is 19.4 Å². The average Bonchev–Trinajstić information content (AvgIpc) is 2.19. The minimum absolute atomic E-state index is 0.162. The Kier molecular flexibility index (Phi) is 3.77. The lowest BCUT2D eigenvalue weighted by atomic mass is 10.2. The molecule has 0 spiro atoms. The zero-order chi connectivity index (χ0) is 11.4. The molecule has 0 saturated carbocycles. The summed E-state index contributed by atoms with van der Waals surface area (Å²) in [5.41, 5.74) is 6.22. The van der Waals surface area contributed by atoms with Gasteiger partial charge in [0.25, 0.3) is 0 Å². The highest BCUT2D eigenvalue weighted by molar-refractivity contribution is 5.82. The van der Waals surface area contributed by atoms with Gasteiger partial charge < -0.3 is 5.73 Å². The van der Waals surface area contributed by atoms with Crippen LogP contribution in [-0.4, -0.2) is 5.84 Å². The molecule has 0 heterocycles. The zero-order valence-electron chi connectivity index (χ0n) is 8.80. The van der Waals surface area contributed by atoms with E-state index < -0.39 is 11.6 Å². The third-order valence-electron chi connectivity index (χ3n) is 2.02. The van der Waals surface area contributed by atoms with Gasteiger partial charge in [0.2, 0.25) is 0 Å². The predicted molar refractivity (Wildman–Crippen MR) is 56.5 cm³/mol. The molecule has 82 valence electrons. The van der Waals surface area contributed by atoms with Gasteiger partial charge in [-0.25, -0.2) is 8.78 Å².